The molecule has 1 saturated carbocycles. The fraction of sp³-hybridized carbons (Fsp3) is 0.923. The van der Waals surface area contributed by atoms with Crippen LogP contribution >= 0.6 is 0 Å². The summed E-state index contributed by atoms with van der Waals surface area (Å²) in [5, 5.41) is 0. The molecule has 0 aliphatic heterocycles. The summed E-state index contributed by atoms with van der Waals surface area (Å²) in [5.41, 5.74) is 0. The smallest absolute Gasteiger partial charge is 0.135 e. The minimum atomic E-state index is 0.425. The Morgan fingerprint density at radius 1 is 1.14 bits per heavy atom. The third-order valence-electron chi connectivity index (χ3n) is 3.34. The highest BCUT2D eigenvalue weighted by molar-refractivity contribution is 5.81. The average Bonchev–Trinajstić information content (AvgIpc) is 2.39. The van der Waals surface area contributed by atoms with Gasteiger partial charge in [-0.2, -0.15) is 0 Å². The van der Waals surface area contributed by atoms with Crippen molar-refractivity contribution in [3.8, 4) is 0 Å². The minimum Gasteiger partial charge on any atom is -0.299 e. The zero-order valence-electron chi connectivity index (χ0n) is 9.56. The van der Waals surface area contributed by atoms with Crippen molar-refractivity contribution >= 4 is 5.78 Å². The highest BCUT2D eigenvalue weighted by Gasteiger charge is 2.19. The van der Waals surface area contributed by atoms with Crippen LogP contribution in [-0.4, -0.2) is 5.78 Å². The van der Waals surface area contributed by atoms with Gasteiger partial charge in [0.2, 0.25) is 0 Å². The van der Waals surface area contributed by atoms with Gasteiger partial charge in [-0.05, 0) is 19.3 Å². The summed E-state index contributed by atoms with van der Waals surface area (Å²) in [6.07, 6.45) is 12.1. The molecule has 82 valence electrons. The van der Waals surface area contributed by atoms with Crippen molar-refractivity contribution in [3.05, 3.63) is 0 Å². The van der Waals surface area contributed by atoms with E-state index < -0.39 is 0 Å². The molecule has 0 heterocycles. The molecule has 0 aromatic rings. The Morgan fingerprint density at radius 3 is 2.79 bits per heavy atom. The van der Waals surface area contributed by atoms with Gasteiger partial charge < -0.3 is 0 Å². The lowest BCUT2D eigenvalue weighted by Crippen LogP contribution is -2.12. The fourth-order valence-corrected chi connectivity index (χ4v) is 2.35. The second-order valence-corrected chi connectivity index (χ2v) is 4.61. The molecule has 1 rings (SSSR count). The summed E-state index contributed by atoms with van der Waals surface area (Å²) in [6, 6.07) is 0. The molecule has 0 aromatic carbocycles. The first-order chi connectivity index (χ1) is 6.84. The summed E-state index contributed by atoms with van der Waals surface area (Å²) >= 11 is 0. The van der Waals surface area contributed by atoms with Crippen molar-refractivity contribution in [1.29, 1.82) is 0 Å². The van der Waals surface area contributed by atoms with Crippen LogP contribution in [0, 0.1) is 5.92 Å². The maximum Gasteiger partial charge on any atom is 0.135 e. The first kappa shape index (κ1) is 11.7. The van der Waals surface area contributed by atoms with Crippen LogP contribution in [0.1, 0.15) is 71.1 Å². The predicted octanol–water partition coefficient (Wildman–Crippen LogP) is 4.11. The standard InChI is InChI=1S/C13H24O/c1-2-3-4-6-9-12-10-7-5-8-11-13(12)14/h12H,2-11H2,1H3/t12-/m0/s1. The van der Waals surface area contributed by atoms with Gasteiger partial charge in [0.25, 0.3) is 0 Å². The van der Waals surface area contributed by atoms with Crippen LogP contribution in [0.4, 0.5) is 0 Å². The maximum atomic E-state index is 11.7. The molecule has 1 atom stereocenters. The van der Waals surface area contributed by atoms with Crippen LogP contribution in [-0.2, 0) is 4.79 Å². The minimum absolute atomic E-state index is 0.425. The molecule has 1 nitrogen and oxygen atoms in total. The van der Waals surface area contributed by atoms with Crippen molar-refractivity contribution < 1.29 is 4.79 Å². The Hall–Kier alpha value is -0.330. The van der Waals surface area contributed by atoms with Gasteiger partial charge in [0, 0.05) is 12.3 Å². The molecule has 0 radical (unpaired) electrons. The topological polar surface area (TPSA) is 17.1 Å². The van der Waals surface area contributed by atoms with Crippen LogP contribution < -0.4 is 0 Å². The fourth-order valence-electron chi connectivity index (χ4n) is 2.35. The molecule has 0 saturated heterocycles. The van der Waals surface area contributed by atoms with Crippen LogP contribution in [0.3, 0.4) is 0 Å². The molecular weight excluding hydrogens is 172 g/mol. The van der Waals surface area contributed by atoms with Crippen LogP contribution in [0.5, 0.6) is 0 Å². The van der Waals surface area contributed by atoms with E-state index in [0.29, 0.717) is 11.7 Å². The van der Waals surface area contributed by atoms with Gasteiger partial charge in [-0.25, -0.2) is 0 Å². The Labute approximate surface area is 88.3 Å². The van der Waals surface area contributed by atoms with Crippen LogP contribution in [0.2, 0.25) is 0 Å². The number of rotatable bonds is 5. The lowest BCUT2D eigenvalue weighted by Gasteiger charge is -2.11. The number of hydrogen-bond donors (Lipinski definition) is 0. The summed E-state index contributed by atoms with van der Waals surface area (Å²) in [7, 11) is 0. The van der Waals surface area contributed by atoms with Crippen molar-refractivity contribution in [3.63, 3.8) is 0 Å². The number of carbonyl (C=O) groups is 1. The van der Waals surface area contributed by atoms with Crippen LogP contribution in [0.15, 0.2) is 0 Å². The van der Waals surface area contributed by atoms with Gasteiger partial charge in [0.1, 0.15) is 5.78 Å². The predicted molar refractivity (Wildman–Crippen MR) is 60.3 cm³/mol. The largest absolute Gasteiger partial charge is 0.299 e. The quantitative estimate of drug-likeness (QED) is 0.478. The number of ketones is 1. The zero-order chi connectivity index (χ0) is 10.2. The Kier molecular flexibility index (Phi) is 5.89. The SMILES string of the molecule is CCCCCC[C@H]1CCCCCC1=O. The molecule has 0 spiro atoms. The molecule has 1 fully saturated rings. The molecule has 1 heteroatoms. The summed E-state index contributed by atoms with van der Waals surface area (Å²) in [4.78, 5) is 11.7. The summed E-state index contributed by atoms with van der Waals surface area (Å²) < 4.78 is 0. The second kappa shape index (κ2) is 7.03. The number of unbranched alkanes of at least 4 members (excludes halogenated alkanes) is 3. The maximum absolute atomic E-state index is 11.7. The van der Waals surface area contributed by atoms with Gasteiger partial charge in [-0.1, -0.05) is 45.4 Å². The number of hydrogen-bond acceptors (Lipinski definition) is 1. The summed E-state index contributed by atoms with van der Waals surface area (Å²) in [6.45, 7) is 2.23. The molecule has 0 N–H and O–H groups in total. The molecule has 0 amide bonds. The highest BCUT2D eigenvalue weighted by atomic mass is 16.1. The van der Waals surface area contributed by atoms with Gasteiger partial charge in [-0.3, -0.25) is 4.79 Å². The molecule has 1 aliphatic rings. The molecule has 0 bridgehead atoms. The van der Waals surface area contributed by atoms with E-state index in [4.69, 9.17) is 0 Å². The number of Topliss-reactive ketones (excluding diaryl/α,β-unsaturated/α-hetero) is 1. The van der Waals surface area contributed by atoms with Crippen molar-refractivity contribution in [2.75, 3.05) is 0 Å². The van der Waals surface area contributed by atoms with E-state index in [1.54, 1.807) is 0 Å². The monoisotopic (exact) mass is 196 g/mol. The Morgan fingerprint density at radius 2 is 2.00 bits per heavy atom. The first-order valence-corrected chi connectivity index (χ1v) is 6.37. The van der Waals surface area contributed by atoms with E-state index in [1.165, 1.54) is 51.4 Å². The van der Waals surface area contributed by atoms with Gasteiger partial charge in [0.15, 0.2) is 0 Å². The van der Waals surface area contributed by atoms with Gasteiger partial charge in [0.05, 0.1) is 0 Å². The lowest BCUT2D eigenvalue weighted by molar-refractivity contribution is -0.122. The molecule has 14 heavy (non-hydrogen) atoms. The van der Waals surface area contributed by atoms with E-state index in [9.17, 15) is 4.79 Å². The Bertz CT molecular complexity index is 163. The van der Waals surface area contributed by atoms with E-state index in [2.05, 4.69) is 6.92 Å². The van der Waals surface area contributed by atoms with Gasteiger partial charge in [-0.15, -0.1) is 0 Å². The van der Waals surface area contributed by atoms with E-state index in [0.717, 1.165) is 12.8 Å². The Balaban J connectivity index is 2.16. The van der Waals surface area contributed by atoms with Crippen molar-refractivity contribution in [2.45, 2.75) is 71.1 Å². The normalized spacial score (nSPS) is 23.5. The number of carbonyl (C=O) groups excluding carboxylic acids is 1. The molecule has 0 aromatic heterocycles. The van der Waals surface area contributed by atoms with Crippen LogP contribution in [0.25, 0.3) is 0 Å². The van der Waals surface area contributed by atoms with E-state index >= 15 is 0 Å². The third kappa shape index (κ3) is 4.26. The molecule has 1 aliphatic carbocycles. The summed E-state index contributed by atoms with van der Waals surface area (Å²) in [5.74, 6) is 0.980. The van der Waals surface area contributed by atoms with E-state index in [-0.39, 0.29) is 0 Å². The van der Waals surface area contributed by atoms with Gasteiger partial charge >= 0.3 is 0 Å². The zero-order valence-corrected chi connectivity index (χ0v) is 9.56. The molecular formula is C13H24O. The first-order valence-electron chi connectivity index (χ1n) is 6.37. The van der Waals surface area contributed by atoms with E-state index in [1.807, 2.05) is 0 Å². The second-order valence-electron chi connectivity index (χ2n) is 4.61. The third-order valence-corrected chi connectivity index (χ3v) is 3.34. The van der Waals surface area contributed by atoms with Crippen molar-refractivity contribution in [2.24, 2.45) is 5.92 Å². The molecule has 0 unspecified atom stereocenters. The van der Waals surface area contributed by atoms with Crippen molar-refractivity contribution in [1.82, 2.24) is 0 Å². The highest BCUT2D eigenvalue weighted by Crippen LogP contribution is 2.24. The lowest BCUT2D eigenvalue weighted by atomic mass is 9.92. The average molecular weight is 196 g/mol.